The minimum Gasteiger partial charge on any atom is -0.326 e. The summed E-state index contributed by atoms with van der Waals surface area (Å²) in [6, 6.07) is 13.4. The Bertz CT molecular complexity index is 1050. The van der Waals surface area contributed by atoms with Gasteiger partial charge in [-0.05, 0) is 73.0 Å². The van der Waals surface area contributed by atoms with Crippen molar-refractivity contribution in [2.75, 3.05) is 5.32 Å². The molecule has 0 radical (unpaired) electrons. The van der Waals surface area contributed by atoms with E-state index in [1.807, 2.05) is 44.2 Å². The van der Waals surface area contributed by atoms with E-state index in [2.05, 4.69) is 20.6 Å². The second-order valence-electron chi connectivity index (χ2n) is 6.53. The summed E-state index contributed by atoms with van der Waals surface area (Å²) in [4.78, 5) is 21.1. The van der Waals surface area contributed by atoms with Crippen LogP contribution >= 0.6 is 11.6 Å². The molecule has 0 aliphatic rings. The van der Waals surface area contributed by atoms with Crippen LogP contribution in [0.15, 0.2) is 65.9 Å². The highest BCUT2D eigenvalue weighted by molar-refractivity contribution is 6.31. The molecular formula is C22H20ClFN4O. The number of anilines is 1. The summed E-state index contributed by atoms with van der Waals surface area (Å²) >= 11 is 5.79. The van der Waals surface area contributed by atoms with Crippen LogP contribution in [0, 0.1) is 19.7 Å². The molecule has 0 bridgehead atoms. The summed E-state index contributed by atoms with van der Waals surface area (Å²) < 4.78 is 13.4. The van der Waals surface area contributed by atoms with Gasteiger partial charge < -0.3 is 5.32 Å². The van der Waals surface area contributed by atoms with Crippen LogP contribution in [-0.2, 0) is 6.54 Å². The highest BCUT2D eigenvalue weighted by atomic mass is 35.5. The number of benzene rings is 2. The van der Waals surface area contributed by atoms with Crippen molar-refractivity contribution in [2.24, 2.45) is 4.99 Å². The van der Waals surface area contributed by atoms with Crippen LogP contribution in [0.1, 0.15) is 27.0 Å². The number of aromatic nitrogens is 1. The Balaban J connectivity index is 1.83. The standard InChI is InChI=1S/C22H20ClFN4O/c1-14-3-5-18(11-15(14)2)27-22(26-13-16-7-9-25-10-8-16)28-21(29)17-4-6-20(24)19(23)12-17/h3-12H,13H2,1-2H3,(H2,26,27,28,29). The molecule has 0 aliphatic heterocycles. The molecule has 1 amide bonds. The molecule has 0 atom stereocenters. The molecule has 3 aromatic rings. The van der Waals surface area contributed by atoms with E-state index in [1.54, 1.807) is 12.4 Å². The minimum absolute atomic E-state index is 0.116. The van der Waals surface area contributed by atoms with E-state index in [0.717, 1.165) is 28.4 Å². The largest absolute Gasteiger partial charge is 0.326 e. The molecular weight excluding hydrogens is 391 g/mol. The van der Waals surface area contributed by atoms with E-state index in [4.69, 9.17) is 11.6 Å². The summed E-state index contributed by atoms with van der Waals surface area (Å²) in [5.74, 6) is -0.754. The fraction of sp³-hybridized carbons (Fsp3) is 0.136. The number of aryl methyl sites for hydroxylation is 2. The number of halogens is 2. The number of rotatable bonds is 4. The number of nitrogens with zero attached hydrogens (tertiary/aromatic N) is 2. The van der Waals surface area contributed by atoms with Gasteiger partial charge in [0.15, 0.2) is 0 Å². The Hall–Kier alpha value is -3.25. The number of nitrogens with one attached hydrogen (secondary N) is 2. The quantitative estimate of drug-likeness (QED) is 0.475. The molecule has 7 heteroatoms. The fourth-order valence-electron chi connectivity index (χ4n) is 2.54. The van der Waals surface area contributed by atoms with E-state index in [0.29, 0.717) is 6.54 Å². The van der Waals surface area contributed by atoms with E-state index in [1.165, 1.54) is 12.1 Å². The van der Waals surface area contributed by atoms with Gasteiger partial charge in [-0.2, -0.15) is 0 Å². The highest BCUT2D eigenvalue weighted by Crippen LogP contribution is 2.17. The van der Waals surface area contributed by atoms with E-state index in [9.17, 15) is 9.18 Å². The fourth-order valence-corrected chi connectivity index (χ4v) is 2.72. The molecule has 5 nitrogen and oxygen atoms in total. The van der Waals surface area contributed by atoms with Crippen LogP contribution in [0.4, 0.5) is 10.1 Å². The normalized spacial score (nSPS) is 11.2. The van der Waals surface area contributed by atoms with Crippen molar-refractivity contribution in [3.05, 3.63) is 94.0 Å². The number of carbonyl (C=O) groups is 1. The summed E-state index contributed by atoms with van der Waals surface area (Å²) in [5.41, 5.74) is 4.24. The Morgan fingerprint density at radius 3 is 2.52 bits per heavy atom. The van der Waals surface area contributed by atoms with Crippen molar-refractivity contribution in [1.29, 1.82) is 0 Å². The lowest BCUT2D eigenvalue weighted by Gasteiger charge is -2.13. The minimum atomic E-state index is -0.581. The van der Waals surface area contributed by atoms with Gasteiger partial charge in [0.1, 0.15) is 5.82 Å². The van der Waals surface area contributed by atoms with Gasteiger partial charge in [-0.1, -0.05) is 17.7 Å². The number of pyridine rings is 1. The first kappa shape index (κ1) is 20.5. The average molecular weight is 411 g/mol. The summed E-state index contributed by atoms with van der Waals surface area (Å²) in [6.45, 7) is 4.38. The SMILES string of the molecule is Cc1ccc(NC(=NCc2ccncc2)NC(=O)c2ccc(F)c(Cl)c2)cc1C. The zero-order chi connectivity index (χ0) is 20.8. The lowest BCUT2D eigenvalue weighted by atomic mass is 10.1. The van der Waals surface area contributed by atoms with Crippen molar-refractivity contribution < 1.29 is 9.18 Å². The third-order valence-electron chi connectivity index (χ3n) is 4.35. The van der Waals surface area contributed by atoms with Crippen LogP contribution in [-0.4, -0.2) is 16.9 Å². The van der Waals surface area contributed by atoms with Crippen LogP contribution in [0.2, 0.25) is 5.02 Å². The zero-order valence-electron chi connectivity index (χ0n) is 16.0. The Labute approximate surface area is 173 Å². The summed E-state index contributed by atoms with van der Waals surface area (Å²) in [6.07, 6.45) is 3.36. The van der Waals surface area contributed by atoms with E-state index >= 15 is 0 Å². The number of guanidine groups is 1. The molecule has 1 aromatic heterocycles. The van der Waals surface area contributed by atoms with Crippen LogP contribution < -0.4 is 10.6 Å². The van der Waals surface area contributed by atoms with Crippen molar-refractivity contribution >= 4 is 29.2 Å². The number of aliphatic imine (C=N–C) groups is 1. The van der Waals surface area contributed by atoms with Gasteiger partial charge in [-0.15, -0.1) is 0 Å². The maximum atomic E-state index is 13.4. The van der Waals surface area contributed by atoms with Gasteiger partial charge in [-0.3, -0.25) is 15.1 Å². The van der Waals surface area contributed by atoms with Gasteiger partial charge in [0.05, 0.1) is 11.6 Å². The summed E-state index contributed by atoms with van der Waals surface area (Å²) in [5, 5.41) is 5.76. The monoisotopic (exact) mass is 410 g/mol. The molecule has 0 saturated heterocycles. The second-order valence-corrected chi connectivity index (χ2v) is 6.93. The lowest BCUT2D eigenvalue weighted by Crippen LogP contribution is -2.36. The first-order valence-electron chi connectivity index (χ1n) is 8.96. The molecule has 3 rings (SSSR count). The predicted octanol–water partition coefficient (Wildman–Crippen LogP) is 4.89. The molecule has 148 valence electrons. The molecule has 0 unspecified atom stereocenters. The Morgan fingerprint density at radius 2 is 1.83 bits per heavy atom. The number of carbonyl (C=O) groups excluding carboxylic acids is 1. The van der Waals surface area contributed by atoms with Crippen molar-refractivity contribution in [1.82, 2.24) is 10.3 Å². The maximum absolute atomic E-state index is 13.4. The molecule has 2 N–H and O–H groups in total. The van der Waals surface area contributed by atoms with Crippen molar-refractivity contribution in [3.8, 4) is 0 Å². The topological polar surface area (TPSA) is 66.4 Å². The number of hydrogen-bond acceptors (Lipinski definition) is 3. The van der Waals surface area contributed by atoms with Crippen molar-refractivity contribution in [2.45, 2.75) is 20.4 Å². The molecule has 2 aromatic carbocycles. The first-order valence-corrected chi connectivity index (χ1v) is 9.34. The number of amides is 1. The molecule has 0 saturated carbocycles. The Kier molecular flexibility index (Phi) is 6.57. The molecule has 0 aliphatic carbocycles. The molecule has 0 spiro atoms. The van der Waals surface area contributed by atoms with Crippen LogP contribution in [0.5, 0.6) is 0 Å². The number of hydrogen-bond donors (Lipinski definition) is 2. The third kappa shape index (κ3) is 5.62. The first-order chi connectivity index (χ1) is 13.9. The van der Waals surface area contributed by atoms with E-state index in [-0.39, 0.29) is 16.5 Å². The third-order valence-corrected chi connectivity index (χ3v) is 4.64. The van der Waals surface area contributed by atoms with Crippen molar-refractivity contribution in [3.63, 3.8) is 0 Å². The van der Waals surface area contributed by atoms with Crippen LogP contribution in [0.25, 0.3) is 0 Å². The van der Waals surface area contributed by atoms with Crippen LogP contribution in [0.3, 0.4) is 0 Å². The average Bonchev–Trinajstić information content (AvgIpc) is 2.71. The van der Waals surface area contributed by atoms with Gasteiger partial charge >= 0.3 is 0 Å². The van der Waals surface area contributed by atoms with Gasteiger partial charge in [0.25, 0.3) is 5.91 Å². The van der Waals surface area contributed by atoms with Gasteiger partial charge in [0.2, 0.25) is 5.96 Å². The summed E-state index contributed by atoms with van der Waals surface area (Å²) in [7, 11) is 0. The smallest absolute Gasteiger partial charge is 0.258 e. The molecule has 1 heterocycles. The lowest BCUT2D eigenvalue weighted by molar-refractivity contribution is 0.0977. The Morgan fingerprint density at radius 1 is 1.07 bits per heavy atom. The second kappa shape index (κ2) is 9.30. The zero-order valence-corrected chi connectivity index (χ0v) is 16.8. The highest BCUT2D eigenvalue weighted by Gasteiger charge is 2.12. The van der Waals surface area contributed by atoms with Gasteiger partial charge in [-0.25, -0.2) is 9.38 Å². The predicted molar refractivity (Wildman–Crippen MR) is 114 cm³/mol. The molecule has 29 heavy (non-hydrogen) atoms. The van der Waals surface area contributed by atoms with Gasteiger partial charge in [0, 0.05) is 23.6 Å². The maximum Gasteiger partial charge on any atom is 0.258 e. The van der Waals surface area contributed by atoms with E-state index < -0.39 is 11.7 Å². The molecule has 0 fully saturated rings.